The van der Waals surface area contributed by atoms with E-state index in [1.165, 1.54) is 22.9 Å². The normalized spacial score (nSPS) is 11.1. The molecule has 0 aromatic rings. The molecule has 0 unspecified atom stereocenters. The summed E-state index contributed by atoms with van der Waals surface area (Å²) in [5.41, 5.74) is 2.68. The molecule has 16 heavy (non-hydrogen) atoms. The fourth-order valence-corrected chi connectivity index (χ4v) is 1.81. The number of carbonyl (C=O) groups excluding carboxylic acids is 1. The zero-order chi connectivity index (χ0) is 12.4. The van der Waals surface area contributed by atoms with Crippen molar-refractivity contribution < 1.29 is 9.53 Å². The molecule has 0 saturated carbocycles. The number of allylic oxidation sites excluding steroid dienone is 3. The third-order valence-electron chi connectivity index (χ3n) is 1.99. The van der Waals surface area contributed by atoms with E-state index in [0.29, 0.717) is 12.4 Å². The Morgan fingerprint density at radius 2 is 1.94 bits per heavy atom. The molecule has 0 atom stereocenters. The molecule has 0 amide bonds. The van der Waals surface area contributed by atoms with Gasteiger partial charge in [-0.3, -0.25) is 0 Å². The first-order chi connectivity index (χ1) is 7.56. The molecule has 92 valence electrons. The van der Waals surface area contributed by atoms with Crippen LogP contribution in [0.15, 0.2) is 23.3 Å². The third-order valence-corrected chi connectivity index (χ3v) is 2.67. The van der Waals surface area contributed by atoms with Crippen LogP contribution < -0.4 is 0 Å². The van der Waals surface area contributed by atoms with Crippen LogP contribution in [0.1, 0.15) is 40.5 Å². The molecule has 0 N–H and O–H groups in total. The number of carbonyl (C=O) groups is 1. The first-order valence-corrected chi connectivity index (χ1v) is 6.63. The van der Waals surface area contributed by atoms with Gasteiger partial charge in [0.25, 0.3) is 0 Å². The van der Waals surface area contributed by atoms with Crippen molar-refractivity contribution in [3.8, 4) is 0 Å². The van der Waals surface area contributed by atoms with Crippen molar-refractivity contribution in [2.45, 2.75) is 40.5 Å². The molecule has 0 aliphatic rings. The Balaban J connectivity index is 3.70. The maximum absolute atomic E-state index is 11.0. The van der Waals surface area contributed by atoms with Crippen LogP contribution in [0.5, 0.6) is 0 Å². The van der Waals surface area contributed by atoms with Gasteiger partial charge in [0.2, 0.25) is 0 Å². The molecule has 0 heterocycles. The highest BCUT2D eigenvalue weighted by Crippen LogP contribution is 2.10. The highest BCUT2D eigenvalue weighted by atomic mass is 32.2. The fourth-order valence-electron chi connectivity index (χ4n) is 1.10. The van der Waals surface area contributed by atoms with Gasteiger partial charge in [-0.05, 0) is 52.3 Å². The highest BCUT2D eigenvalue weighted by molar-refractivity contribution is 8.13. The van der Waals surface area contributed by atoms with Crippen molar-refractivity contribution in [1.29, 1.82) is 0 Å². The summed E-state index contributed by atoms with van der Waals surface area (Å²) in [5.74, 6) is 0.708. The lowest BCUT2D eigenvalue weighted by molar-refractivity contribution is 0.181. The van der Waals surface area contributed by atoms with E-state index < -0.39 is 0 Å². The summed E-state index contributed by atoms with van der Waals surface area (Å²) in [6.07, 6.45) is 6.47. The Hall–Kier alpha value is -0.700. The summed E-state index contributed by atoms with van der Waals surface area (Å²) < 4.78 is 4.82. The molecule has 0 spiro atoms. The van der Waals surface area contributed by atoms with E-state index in [9.17, 15) is 4.79 Å². The van der Waals surface area contributed by atoms with Gasteiger partial charge in [0.15, 0.2) is 0 Å². The minimum absolute atomic E-state index is 0.184. The average Bonchev–Trinajstić information content (AvgIpc) is 2.17. The Morgan fingerprint density at radius 1 is 1.25 bits per heavy atom. The zero-order valence-corrected chi connectivity index (χ0v) is 11.5. The second kappa shape index (κ2) is 9.52. The largest absolute Gasteiger partial charge is 0.458 e. The number of rotatable bonds is 6. The quantitative estimate of drug-likeness (QED) is 0.504. The van der Waals surface area contributed by atoms with Gasteiger partial charge in [0.1, 0.15) is 0 Å². The maximum Gasteiger partial charge on any atom is 0.367 e. The van der Waals surface area contributed by atoms with Gasteiger partial charge < -0.3 is 4.74 Å². The second-order valence-electron chi connectivity index (χ2n) is 3.86. The molecule has 3 heteroatoms. The molecule has 0 radical (unpaired) electrons. The van der Waals surface area contributed by atoms with E-state index in [2.05, 4.69) is 32.9 Å². The van der Waals surface area contributed by atoms with Gasteiger partial charge in [-0.15, -0.1) is 0 Å². The highest BCUT2D eigenvalue weighted by Gasteiger charge is 1.99. The summed E-state index contributed by atoms with van der Waals surface area (Å²) in [4.78, 5) is 11.0. The monoisotopic (exact) mass is 242 g/mol. The summed E-state index contributed by atoms with van der Waals surface area (Å²) in [7, 11) is 0. The van der Waals surface area contributed by atoms with Crippen molar-refractivity contribution in [3.63, 3.8) is 0 Å². The molecule has 0 aliphatic heterocycles. The van der Waals surface area contributed by atoms with E-state index >= 15 is 0 Å². The van der Waals surface area contributed by atoms with Crippen LogP contribution in [-0.2, 0) is 4.74 Å². The van der Waals surface area contributed by atoms with E-state index in [1.54, 1.807) is 0 Å². The lowest BCUT2D eigenvalue weighted by atomic mass is 10.1. The maximum atomic E-state index is 11.0. The Morgan fingerprint density at radius 3 is 2.50 bits per heavy atom. The first kappa shape index (κ1) is 15.3. The Bertz CT molecular complexity index is 263. The summed E-state index contributed by atoms with van der Waals surface area (Å²) in [6.45, 7) is 8.59. The summed E-state index contributed by atoms with van der Waals surface area (Å²) in [5, 5.41) is -0.184. The van der Waals surface area contributed by atoms with Crippen molar-refractivity contribution in [2.24, 2.45) is 0 Å². The Labute approximate surface area is 103 Å². The zero-order valence-electron chi connectivity index (χ0n) is 10.7. The summed E-state index contributed by atoms with van der Waals surface area (Å²) in [6, 6.07) is 0. The minimum Gasteiger partial charge on any atom is -0.458 e. The molecule has 0 aromatic heterocycles. The molecule has 0 aromatic carbocycles. The van der Waals surface area contributed by atoms with Crippen LogP contribution in [-0.4, -0.2) is 17.7 Å². The van der Waals surface area contributed by atoms with E-state index in [0.717, 1.165) is 12.8 Å². The lowest BCUT2D eigenvalue weighted by Crippen LogP contribution is -1.96. The molecule has 0 fully saturated rings. The molecular formula is C13H22O2S. The SMILES string of the molecule is CCOC(=O)SC/C=C(/C)CCC=C(C)C. The number of hydrogen-bond donors (Lipinski definition) is 0. The molecular weight excluding hydrogens is 220 g/mol. The van der Waals surface area contributed by atoms with Crippen molar-refractivity contribution in [2.75, 3.05) is 12.4 Å². The van der Waals surface area contributed by atoms with Gasteiger partial charge in [-0.25, -0.2) is 4.79 Å². The number of thioether (sulfide) groups is 1. The number of hydrogen-bond acceptors (Lipinski definition) is 3. The van der Waals surface area contributed by atoms with Crippen LogP contribution in [0.2, 0.25) is 0 Å². The van der Waals surface area contributed by atoms with Gasteiger partial charge in [0, 0.05) is 5.75 Å². The second-order valence-corrected chi connectivity index (χ2v) is 4.82. The molecule has 2 nitrogen and oxygen atoms in total. The van der Waals surface area contributed by atoms with Crippen molar-refractivity contribution in [3.05, 3.63) is 23.3 Å². The van der Waals surface area contributed by atoms with Gasteiger partial charge in [0.05, 0.1) is 6.61 Å². The van der Waals surface area contributed by atoms with E-state index in [1.807, 2.05) is 6.92 Å². The third kappa shape index (κ3) is 9.84. The first-order valence-electron chi connectivity index (χ1n) is 5.64. The predicted molar refractivity (Wildman–Crippen MR) is 71.9 cm³/mol. The van der Waals surface area contributed by atoms with Gasteiger partial charge in [-0.1, -0.05) is 23.3 Å². The van der Waals surface area contributed by atoms with E-state index in [-0.39, 0.29) is 5.30 Å². The molecule has 0 rings (SSSR count). The standard InChI is InChI=1S/C13H22O2S/c1-5-15-13(14)16-10-9-12(4)8-6-7-11(2)3/h7,9H,5-6,8,10H2,1-4H3/b12-9-. The van der Waals surface area contributed by atoms with Crippen LogP contribution in [0.25, 0.3) is 0 Å². The topological polar surface area (TPSA) is 26.3 Å². The Kier molecular flexibility index (Phi) is 9.10. The van der Waals surface area contributed by atoms with E-state index in [4.69, 9.17) is 4.74 Å². The van der Waals surface area contributed by atoms with Crippen LogP contribution in [0.4, 0.5) is 4.79 Å². The lowest BCUT2D eigenvalue weighted by Gasteiger charge is -2.00. The van der Waals surface area contributed by atoms with Crippen LogP contribution >= 0.6 is 11.8 Å². The van der Waals surface area contributed by atoms with Gasteiger partial charge in [-0.2, -0.15) is 0 Å². The molecule has 0 saturated heterocycles. The summed E-state index contributed by atoms with van der Waals surface area (Å²) >= 11 is 1.22. The predicted octanol–water partition coefficient (Wildman–Crippen LogP) is 4.57. The minimum atomic E-state index is -0.184. The van der Waals surface area contributed by atoms with Crippen molar-refractivity contribution >= 4 is 17.1 Å². The van der Waals surface area contributed by atoms with Gasteiger partial charge >= 0.3 is 5.30 Å². The average molecular weight is 242 g/mol. The number of ether oxygens (including phenoxy) is 1. The fraction of sp³-hybridized carbons (Fsp3) is 0.615. The molecule has 0 bridgehead atoms. The smallest absolute Gasteiger partial charge is 0.367 e. The van der Waals surface area contributed by atoms with Crippen molar-refractivity contribution in [1.82, 2.24) is 0 Å². The van der Waals surface area contributed by atoms with Crippen LogP contribution in [0.3, 0.4) is 0 Å². The van der Waals surface area contributed by atoms with Crippen LogP contribution in [0, 0.1) is 0 Å². The molecule has 0 aliphatic carbocycles.